The molecule has 0 spiro atoms. The summed E-state index contributed by atoms with van der Waals surface area (Å²) in [6.45, 7) is 3.26. The molecule has 4 nitrogen and oxygen atoms in total. The first-order valence-corrected chi connectivity index (χ1v) is 7.47. The topological polar surface area (TPSA) is 46.6 Å². The van der Waals surface area contributed by atoms with Gasteiger partial charge >= 0.3 is 5.97 Å². The summed E-state index contributed by atoms with van der Waals surface area (Å²) in [5, 5.41) is 0. The van der Waals surface area contributed by atoms with E-state index >= 15 is 0 Å². The largest absolute Gasteiger partial charge is 0.469 e. The van der Waals surface area contributed by atoms with Crippen molar-refractivity contribution in [2.24, 2.45) is 17.8 Å². The first-order chi connectivity index (χ1) is 9.11. The van der Waals surface area contributed by atoms with Crippen LogP contribution in [0.4, 0.5) is 0 Å². The summed E-state index contributed by atoms with van der Waals surface area (Å²) in [5.74, 6) is 0.854. The highest BCUT2D eigenvalue weighted by molar-refractivity contribution is 5.79. The van der Waals surface area contributed by atoms with Gasteiger partial charge in [0.25, 0.3) is 0 Å². The monoisotopic (exact) mass is 267 g/mol. The Kier molecular flexibility index (Phi) is 4.83. The number of rotatable bonds is 4. The molecule has 2 aliphatic rings. The van der Waals surface area contributed by atoms with Crippen molar-refractivity contribution in [1.29, 1.82) is 0 Å². The lowest BCUT2D eigenvalue weighted by Crippen LogP contribution is -2.30. The van der Waals surface area contributed by atoms with Gasteiger partial charge < -0.3 is 9.64 Å². The maximum absolute atomic E-state index is 12.2. The first-order valence-electron chi connectivity index (χ1n) is 7.47. The smallest absolute Gasteiger partial charge is 0.310 e. The van der Waals surface area contributed by atoms with Gasteiger partial charge in [-0.2, -0.15) is 0 Å². The van der Waals surface area contributed by atoms with Gasteiger partial charge in [0.1, 0.15) is 0 Å². The molecular formula is C15H25NO3. The third-order valence-corrected chi connectivity index (χ3v) is 4.71. The van der Waals surface area contributed by atoms with Crippen LogP contribution >= 0.6 is 0 Å². The molecule has 1 aliphatic carbocycles. The number of esters is 1. The SMILES string of the molecule is COC(=O)C1CN(C(=O)CCC2CCCC2)CC1C. The van der Waals surface area contributed by atoms with Crippen molar-refractivity contribution in [2.45, 2.75) is 45.4 Å². The minimum Gasteiger partial charge on any atom is -0.469 e. The minimum atomic E-state index is -0.182. The van der Waals surface area contributed by atoms with E-state index in [-0.39, 0.29) is 23.7 Å². The zero-order valence-electron chi connectivity index (χ0n) is 12.1. The fourth-order valence-corrected chi connectivity index (χ4v) is 3.41. The molecule has 0 radical (unpaired) electrons. The second-order valence-electron chi connectivity index (χ2n) is 6.09. The number of carbonyl (C=O) groups is 2. The van der Waals surface area contributed by atoms with Gasteiger partial charge in [-0.1, -0.05) is 32.6 Å². The molecule has 108 valence electrons. The van der Waals surface area contributed by atoms with Crippen molar-refractivity contribution >= 4 is 11.9 Å². The summed E-state index contributed by atoms with van der Waals surface area (Å²) < 4.78 is 4.80. The van der Waals surface area contributed by atoms with E-state index < -0.39 is 0 Å². The molecule has 0 aromatic rings. The summed E-state index contributed by atoms with van der Waals surface area (Å²) in [7, 11) is 1.42. The molecule has 2 fully saturated rings. The average molecular weight is 267 g/mol. The Hall–Kier alpha value is -1.06. The van der Waals surface area contributed by atoms with E-state index in [2.05, 4.69) is 0 Å². The summed E-state index contributed by atoms with van der Waals surface area (Å²) in [6.07, 6.45) is 6.88. The molecule has 1 aliphatic heterocycles. The maximum atomic E-state index is 12.2. The molecule has 2 unspecified atom stereocenters. The maximum Gasteiger partial charge on any atom is 0.310 e. The summed E-state index contributed by atoms with van der Waals surface area (Å²) in [6, 6.07) is 0. The number of methoxy groups -OCH3 is 1. The summed E-state index contributed by atoms with van der Waals surface area (Å²) in [5.41, 5.74) is 0. The fourth-order valence-electron chi connectivity index (χ4n) is 3.41. The van der Waals surface area contributed by atoms with Crippen molar-refractivity contribution in [1.82, 2.24) is 4.90 Å². The van der Waals surface area contributed by atoms with Gasteiger partial charge in [-0.15, -0.1) is 0 Å². The molecule has 19 heavy (non-hydrogen) atoms. The number of hydrogen-bond donors (Lipinski definition) is 0. The van der Waals surface area contributed by atoms with Crippen LogP contribution in [0.15, 0.2) is 0 Å². The van der Waals surface area contributed by atoms with Crippen LogP contribution in [-0.2, 0) is 14.3 Å². The van der Waals surface area contributed by atoms with E-state index in [0.29, 0.717) is 19.5 Å². The molecule has 0 bridgehead atoms. The number of likely N-dealkylation sites (tertiary alicyclic amines) is 1. The molecule has 0 aromatic heterocycles. The highest BCUT2D eigenvalue weighted by atomic mass is 16.5. The number of hydrogen-bond acceptors (Lipinski definition) is 3. The molecule has 2 atom stereocenters. The second kappa shape index (κ2) is 6.40. The second-order valence-corrected chi connectivity index (χ2v) is 6.09. The molecule has 0 N–H and O–H groups in total. The van der Waals surface area contributed by atoms with Crippen molar-refractivity contribution in [3.63, 3.8) is 0 Å². The van der Waals surface area contributed by atoms with E-state index in [4.69, 9.17) is 4.74 Å². The van der Waals surface area contributed by atoms with E-state index in [1.54, 1.807) is 0 Å². The van der Waals surface area contributed by atoms with Crippen LogP contribution in [0.25, 0.3) is 0 Å². The molecule has 2 rings (SSSR count). The Morgan fingerprint density at radius 2 is 1.89 bits per heavy atom. The number of amides is 1. The predicted molar refractivity (Wildman–Crippen MR) is 72.4 cm³/mol. The van der Waals surface area contributed by atoms with E-state index in [1.165, 1.54) is 32.8 Å². The van der Waals surface area contributed by atoms with E-state index in [1.807, 2.05) is 11.8 Å². The zero-order valence-corrected chi connectivity index (χ0v) is 12.1. The van der Waals surface area contributed by atoms with Crippen LogP contribution in [-0.4, -0.2) is 37.0 Å². The Labute approximate surface area is 115 Å². The number of nitrogens with zero attached hydrogens (tertiary/aromatic N) is 1. The van der Waals surface area contributed by atoms with Crippen LogP contribution in [0.5, 0.6) is 0 Å². The van der Waals surface area contributed by atoms with Crippen molar-refractivity contribution in [3.8, 4) is 0 Å². The first kappa shape index (κ1) is 14.4. The van der Waals surface area contributed by atoms with Gasteiger partial charge in [0.05, 0.1) is 13.0 Å². The van der Waals surface area contributed by atoms with Gasteiger partial charge in [0.2, 0.25) is 5.91 Å². The lowest BCUT2D eigenvalue weighted by molar-refractivity contribution is -0.146. The van der Waals surface area contributed by atoms with Gasteiger partial charge in [0.15, 0.2) is 0 Å². The highest BCUT2D eigenvalue weighted by Crippen LogP contribution is 2.30. The minimum absolute atomic E-state index is 0.138. The molecule has 1 saturated carbocycles. The third kappa shape index (κ3) is 3.48. The highest BCUT2D eigenvalue weighted by Gasteiger charge is 2.37. The normalized spacial score (nSPS) is 27.8. The van der Waals surface area contributed by atoms with Gasteiger partial charge in [0, 0.05) is 19.5 Å². The fraction of sp³-hybridized carbons (Fsp3) is 0.867. The van der Waals surface area contributed by atoms with Crippen molar-refractivity contribution in [2.75, 3.05) is 20.2 Å². The number of ether oxygens (including phenoxy) is 1. The Morgan fingerprint density at radius 1 is 1.21 bits per heavy atom. The lowest BCUT2D eigenvalue weighted by Gasteiger charge is -2.17. The van der Waals surface area contributed by atoms with Crippen LogP contribution in [0.3, 0.4) is 0 Å². The summed E-state index contributed by atoms with van der Waals surface area (Å²) in [4.78, 5) is 25.6. The Morgan fingerprint density at radius 3 is 2.53 bits per heavy atom. The third-order valence-electron chi connectivity index (χ3n) is 4.71. The quantitative estimate of drug-likeness (QED) is 0.734. The number of carbonyl (C=O) groups excluding carboxylic acids is 2. The van der Waals surface area contributed by atoms with E-state index in [9.17, 15) is 9.59 Å². The molecule has 0 aromatic carbocycles. The van der Waals surface area contributed by atoms with Crippen LogP contribution in [0.2, 0.25) is 0 Å². The molecular weight excluding hydrogens is 242 g/mol. The molecule has 1 amide bonds. The zero-order chi connectivity index (χ0) is 13.8. The predicted octanol–water partition coefficient (Wildman–Crippen LogP) is 2.22. The van der Waals surface area contributed by atoms with Gasteiger partial charge in [-0.3, -0.25) is 9.59 Å². The Bertz CT molecular complexity index is 336. The van der Waals surface area contributed by atoms with Crippen LogP contribution in [0.1, 0.15) is 45.4 Å². The van der Waals surface area contributed by atoms with E-state index in [0.717, 1.165) is 12.3 Å². The van der Waals surface area contributed by atoms with Crippen LogP contribution < -0.4 is 0 Å². The van der Waals surface area contributed by atoms with Gasteiger partial charge in [-0.25, -0.2) is 0 Å². The van der Waals surface area contributed by atoms with Gasteiger partial charge in [-0.05, 0) is 18.3 Å². The summed E-state index contributed by atoms with van der Waals surface area (Å²) >= 11 is 0. The standard InChI is InChI=1S/C15H25NO3/c1-11-9-16(10-13(11)15(18)19-2)14(17)8-7-12-5-3-4-6-12/h11-13H,3-10H2,1-2H3. The molecule has 1 saturated heterocycles. The van der Waals surface area contributed by atoms with Crippen molar-refractivity contribution in [3.05, 3.63) is 0 Å². The Balaban J connectivity index is 1.78. The lowest BCUT2D eigenvalue weighted by atomic mass is 9.99. The molecule has 4 heteroatoms. The average Bonchev–Trinajstić information content (AvgIpc) is 3.04. The van der Waals surface area contributed by atoms with Crippen LogP contribution in [0, 0.1) is 17.8 Å². The van der Waals surface area contributed by atoms with Crippen molar-refractivity contribution < 1.29 is 14.3 Å². The molecule has 1 heterocycles.